The number of nitriles is 1. The van der Waals surface area contributed by atoms with Crippen LogP contribution in [0.2, 0.25) is 0 Å². The molecular formula is C11H8F2N2O. The molecule has 0 bridgehead atoms. The molecule has 0 aliphatic carbocycles. The molecule has 1 aromatic rings. The lowest BCUT2D eigenvalue weighted by Crippen LogP contribution is -2.35. The van der Waals surface area contributed by atoms with Crippen LogP contribution in [0, 0.1) is 11.3 Å². The number of ether oxygens (including phenoxy) is 1. The van der Waals surface area contributed by atoms with Crippen molar-refractivity contribution in [3.8, 4) is 6.07 Å². The number of alkyl halides is 2. The van der Waals surface area contributed by atoms with Gasteiger partial charge >= 0.3 is 5.92 Å². The Morgan fingerprint density at radius 1 is 1.50 bits per heavy atom. The van der Waals surface area contributed by atoms with Gasteiger partial charge in [-0.1, -0.05) is 6.07 Å². The first kappa shape index (κ1) is 9.55. The van der Waals surface area contributed by atoms with Gasteiger partial charge in [-0.25, -0.2) is 0 Å². The highest BCUT2D eigenvalue weighted by molar-refractivity contribution is 5.67. The van der Waals surface area contributed by atoms with E-state index in [0.29, 0.717) is 18.8 Å². The smallest absolute Gasteiger partial charge is 0.320 e. The van der Waals surface area contributed by atoms with E-state index in [-0.39, 0.29) is 11.1 Å². The van der Waals surface area contributed by atoms with Crippen molar-refractivity contribution in [1.82, 2.24) is 0 Å². The van der Waals surface area contributed by atoms with E-state index in [9.17, 15) is 8.78 Å². The summed E-state index contributed by atoms with van der Waals surface area (Å²) in [7, 11) is 0. The van der Waals surface area contributed by atoms with Crippen molar-refractivity contribution in [3.05, 3.63) is 29.3 Å². The van der Waals surface area contributed by atoms with Crippen molar-refractivity contribution >= 4 is 5.69 Å². The molecule has 82 valence electrons. The predicted molar refractivity (Wildman–Crippen MR) is 52.1 cm³/mol. The zero-order valence-electron chi connectivity index (χ0n) is 8.28. The van der Waals surface area contributed by atoms with Crippen LogP contribution in [0.25, 0.3) is 0 Å². The molecular weight excluding hydrogens is 214 g/mol. The van der Waals surface area contributed by atoms with Crippen molar-refractivity contribution in [2.75, 3.05) is 18.1 Å². The fourth-order valence-corrected chi connectivity index (χ4v) is 2.36. The number of rotatable bonds is 0. The van der Waals surface area contributed by atoms with E-state index in [1.165, 1.54) is 11.0 Å². The number of benzene rings is 1. The zero-order valence-corrected chi connectivity index (χ0v) is 8.28. The van der Waals surface area contributed by atoms with Crippen LogP contribution < -0.4 is 4.90 Å². The second kappa shape index (κ2) is 2.92. The van der Waals surface area contributed by atoms with E-state index < -0.39 is 12.2 Å². The van der Waals surface area contributed by atoms with Gasteiger partial charge in [0.2, 0.25) is 0 Å². The number of hydrogen-bond acceptors (Lipinski definition) is 3. The van der Waals surface area contributed by atoms with Crippen LogP contribution >= 0.6 is 0 Å². The topological polar surface area (TPSA) is 36.3 Å². The SMILES string of the molecule is N#Cc1cccc2c1C(F)(F)C1OCCN21. The van der Waals surface area contributed by atoms with Crippen LogP contribution in [0.5, 0.6) is 0 Å². The average Bonchev–Trinajstić information content (AvgIpc) is 2.83. The maximum absolute atomic E-state index is 14.0. The second-order valence-electron chi connectivity index (χ2n) is 3.85. The summed E-state index contributed by atoms with van der Waals surface area (Å²) in [5.74, 6) is -3.10. The Hall–Kier alpha value is -1.67. The third kappa shape index (κ3) is 0.973. The first-order chi connectivity index (χ1) is 7.66. The van der Waals surface area contributed by atoms with E-state index in [1.807, 2.05) is 6.07 Å². The van der Waals surface area contributed by atoms with E-state index in [0.717, 1.165) is 0 Å². The zero-order chi connectivity index (χ0) is 11.3. The standard InChI is InChI=1S/C11H8F2N2O/c12-11(13)9-7(6-14)2-1-3-8(9)15-4-5-16-10(11)15/h1-3,10H,4-5H2. The molecule has 1 saturated heterocycles. The minimum absolute atomic E-state index is 0.0282. The Kier molecular flexibility index (Phi) is 1.74. The molecule has 0 amide bonds. The molecule has 16 heavy (non-hydrogen) atoms. The van der Waals surface area contributed by atoms with Gasteiger partial charge in [0, 0.05) is 12.2 Å². The Morgan fingerprint density at radius 2 is 2.31 bits per heavy atom. The van der Waals surface area contributed by atoms with Gasteiger partial charge in [0.05, 0.1) is 23.8 Å². The molecule has 1 fully saturated rings. The van der Waals surface area contributed by atoms with Crippen LogP contribution in [0.1, 0.15) is 11.1 Å². The molecule has 3 rings (SSSR count). The summed E-state index contributed by atoms with van der Waals surface area (Å²) in [6.07, 6.45) is -1.24. The van der Waals surface area contributed by atoms with Crippen LogP contribution in [0.15, 0.2) is 18.2 Å². The van der Waals surface area contributed by atoms with Crippen molar-refractivity contribution in [1.29, 1.82) is 5.26 Å². The Bertz CT molecular complexity index is 495. The van der Waals surface area contributed by atoms with Gasteiger partial charge in [0.1, 0.15) is 0 Å². The molecule has 0 spiro atoms. The number of anilines is 1. The maximum Gasteiger partial charge on any atom is 0.320 e. The third-order valence-electron chi connectivity index (χ3n) is 3.01. The molecule has 1 atom stereocenters. The van der Waals surface area contributed by atoms with Crippen LogP contribution in [0.3, 0.4) is 0 Å². The first-order valence-electron chi connectivity index (χ1n) is 4.96. The third-order valence-corrected chi connectivity index (χ3v) is 3.01. The molecule has 2 aliphatic heterocycles. The van der Waals surface area contributed by atoms with Crippen molar-refractivity contribution in [2.45, 2.75) is 12.2 Å². The summed E-state index contributed by atoms with van der Waals surface area (Å²) < 4.78 is 33.1. The minimum atomic E-state index is -3.10. The fourth-order valence-electron chi connectivity index (χ4n) is 2.36. The molecule has 0 aromatic heterocycles. The monoisotopic (exact) mass is 222 g/mol. The summed E-state index contributed by atoms with van der Waals surface area (Å²) >= 11 is 0. The summed E-state index contributed by atoms with van der Waals surface area (Å²) in [6.45, 7) is 0.749. The van der Waals surface area contributed by atoms with Crippen LogP contribution in [-0.2, 0) is 10.7 Å². The fraction of sp³-hybridized carbons (Fsp3) is 0.364. The minimum Gasteiger partial charge on any atom is -0.350 e. The lowest BCUT2D eigenvalue weighted by Gasteiger charge is -2.19. The van der Waals surface area contributed by atoms with Gasteiger partial charge < -0.3 is 9.64 Å². The molecule has 0 radical (unpaired) electrons. The summed E-state index contributed by atoms with van der Waals surface area (Å²) in [4.78, 5) is 1.52. The molecule has 1 aromatic carbocycles. The molecule has 5 heteroatoms. The molecule has 1 unspecified atom stereocenters. The number of halogens is 2. The van der Waals surface area contributed by atoms with Gasteiger partial charge in [-0.15, -0.1) is 0 Å². The van der Waals surface area contributed by atoms with E-state index in [2.05, 4.69) is 0 Å². The lowest BCUT2D eigenvalue weighted by molar-refractivity contribution is -0.111. The quantitative estimate of drug-likeness (QED) is 0.671. The predicted octanol–water partition coefficient (Wildman–Crippen LogP) is 1.83. The molecule has 0 N–H and O–H groups in total. The van der Waals surface area contributed by atoms with Gasteiger partial charge in [-0.3, -0.25) is 0 Å². The van der Waals surface area contributed by atoms with E-state index in [1.54, 1.807) is 12.1 Å². The highest BCUT2D eigenvalue weighted by Crippen LogP contribution is 2.50. The first-order valence-corrected chi connectivity index (χ1v) is 4.96. The van der Waals surface area contributed by atoms with Crippen molar-refractivity contribution in [2.24, 2.45) is 0 Å². The number of nitrogens with zero attached hydrogens (tertiary/aromatic N) is 2. The Balaban J connectivity index is 2.27. The molecule has 2 heterocycles. The average molecular weight is 222 g/mol. The second-order valence-corrected chi connectivity index (χ2v) is 3.85. The van der Waals surface area contributed by atoms with Crippen molar-refractivity contribution in [3.63, 3.8) is 0 Å². The van der Waals surface area contributed by atoms with Crippen molar-refractivity contribution < 1.29 is 13.5 Å². The van der Waals surface area contributed by atoms with E-state index >= 15 is 0 Å². The molecule has 2 aliphatic rings. The van der Waals surface area contributed by atoms with Gasteiger partial charge in [0.25, 0.3) is 0 Å². The summed E-state index contributed by atoms with van der Waals surface area (Å²) in [5.41, 5.74) is 0.259. The Labute approximate surface area is 90.8 Å². The highest BCUT2D eigenvalue weighted by atomic mass is 19.3. The molecule has 3 nitrogen and oxygen atoms in total. The van der Waals surface area contributed by atoms with Gasteiger partial charge in [-0.2, -0.15) is 14.0 Å². The van der Waals surface area contributed by atoms with Crippen LogP contribution in [-0.4, -0.2) is 19.4 Å². The van der Waals surface area contributed by atoms with Gasteiger partial charge in [0.15, 0.2) is 6.23 Å². The lowest BCUT2D eigenvalue weighted by atomic mass is 10.0. The molecule has 0 saturated carbocycles. The largest absolute Gasteiger partial charge is 0.350 e. The van der Waals surface area contributed by atoms with E-state index in [4.69, 9.17) is 10.00 Å². The number of hydrogen-bond donors (Lipinski definition) is 0. The maximum atomic E-state index is 14.0. The summed E-state index contributed by atoms with van der Waals surface area (Å²) in [6, 6.07) is 6.45. The number of fused-ring (bicyclic) bond motifs is 3. The Morgan fingerprint density at radius 3 is 3.06 bits per heavy atom. The highest BCUT2D eigenvalue weighted by Gasteiger charge is 2.57. The van der Waals surface area contributed by atoms with Gasteiger partial charge in [-0.05, 0) is 12.1 Å². The summed E-state index contributed by atoms with van der Waals surface area (Å²) in [5, 5.41) is 8.85. The normalized spacial score (nSPS) is 25.1. The van der Waals surface area contributed by atoms with Crippen LogP contribution in [0.4, 0.5) is 14.5 Å².